The third-order valence-corrected chi connectivity index (χ3v) is 5.48. The monoisotopic (exact) mass is 371 g/mol. The summed E-state index contributed by atoms with van der Waals surface area (Å²) in [7, 11) is 0. The second-order valence-corrected chi connectivity index (χ2v) is 7.55. The van der Waals surface area contributed by atoms with E-state index in [9.17, 15) is 9.59 Å². The predicted molar refractivity (Wildman–Crippen MR) is 99.1 cm³/mol. The number of amides is 2. The fourth-order valence-corrected chi connectivity index (χ4v) is 4.02. The van der Waals surface area contributed by atoms with Crippen LogP contribution >= 0.6 is 0 Å². The van der Waals surface area contributed by atoms with Crippen LogP contribution in [0.4, 0.5) is 4.79 Å². The number of nitrogens with zero attached hydrogens (tertiary/aromatic N) is 3. The largest absolute Gasteiger partial charge is 0.445 e. The molecule has 0 radical (unpaired) electrons. The van der Waals surface area contributed by atoms with Crippen molar-refractivity contribution < 1.29 is 19.2 Å². The van der Waals surface area contributed by atoms with Crippen molar-refractivity contribution in [2.75, 3.05) is 26.2 Å². The Morgan fingerprint density at radius 3 is 2.59 bits per heavy atom. The molecule has 3 aliphatic rings. The molecular formula is C20H25N3O4. The van der Waals surface area contributed by atoms with Gasteiger partial charge in [0.1, 0.15) is 12.3 Å². The van der Waals surface area contributed by atoms with E-state index in [0.717, 1.165) is 44.3 Å². The molecule has 2 fully saturated rings. The summed E-state index contributed by atoms with van der Waals surface area (Å²) in [5, 5.41) is 4.09. The van der Waals surface area contributed by atoms with Gasteiger partial charge in [-0.1, -0.05) is 35.5 Å². The Labute approximate surface area is 158 Å². The Hall–Kier alpha value is -2.57. The fourth-order valence-electron chi connectivity index (χ4n) is 4.02. The first kappa shape index (κ1) is 17.8. The van der Waals surface area contributed by atoms with Crippen molar-refractivity contribution >= 4 is 17.7 Å². The Bertz CT molecular complexity index is 730. The van der Waals surface area contributed by atoms with Crippen molar-refractivity contribution in [2.45, 2.75) is 44.3 Å². The molecule has 1 unspecified atom stereocenters. The van der Waals surface area contributed by atoms with Crippen molar-refractivity contribution in [3.05, 3.63) is 35.9 Å². The average Bonchev–Trinajstić information content (AvgIpc) is 3.37. The topological polar surface area (TPSA) is 71.4 Å². The van der Waals surface area contributed by atoms with Crippen LogP contribution in [0, 0.1) is 0 Å². The number of ether oxygens (including phenoxy) is 1. The zero-order chi connectivity index (χ0) is 18.7. The molecule has 1 aromatic rings. The Balaban J connectivity index is 1.33. The van der Waals surface area contributed by atoms with E-state index in [2.05, 4.69) is 5.16 Å². The summed E-state index contributed by atoms with van der Waals surface area (Å²) in [4.78, 5) is 34.3. The standard InChI is InChI=1S/C20H25N3O4/c24-18(22-10-4-5-11-22)17-13-20(27-21-17)9-6-12-23(15-20)19(25)26-14-16-7-2-1-3-8-16/h1-3,7-8H,4-6,9-15H2. The number of likely N-dealkylation sites (tertiary alicyclic amines) is 2. The zero-order valence-corrected chi connectivity index (χ0v) is 15.4. The quantitative estimate of drug-likeness (QED) is 0.819. The van der Waals surface area contributed by atoms with E-state index < -0.39 is 5.60 Å². The molecule has 3 heterocycles. The van der Waals surface area contributed by atoms with E-state index in [1.54, 1.807) is 4.90 Å². The third kappa shape index (κ3) is 3.91. The molecule has 27 heavy (non-hydrogen) atoms. The van der Waals surface area contributed by atoms with E-state index in [1.807, 2.05) is 35.2 Å². The van der Waals surface area contributed by atoms with Crippen molar-refractivity contribution in [3.63, 3.8) is 0 Å². The van der Waals surface area contributed by atoms with Crippen molar-refractivity contribution in [1.29, 1.82) is 0 Å². The smallest absolute Gasteiger partial charge is 0.410 e. The van der Waals surface area contributed by atoms with Crippen LogP contribution < -0.4 is 0 Å². The van der Waals surface area contributed by atoms with Crippen molar-refractivity contribution in [1.82, 2.24) is 9.80 Å². The zero-order valence-electron chi connectivity index (χ0n) is 15.4. The minimum absolute atomic E-state index is 0.0202. The number of carbonyl (C=O) groups excluding carboxylic acids is 2. The first-order chi connectivity index (χ1) is 13.2. The van der Waals surface area contributed by atoms with E-state index in [-0.39, 0.29) is 18.6 Å². The van der Waals surface area contributed by atoms with Gasteiger partial charge in [-0.2, -0.15) is 0 Å². The molecule has 1 spiro atoms. The number of carbonyl (C=O) groups is 2. The van der Waals surface area contributed by atoms with Gasteiger partial charge in [-0.25, -0.2) is 4.79 Å². The van der Waals surface area contributed by atoms with Gasteiger partial charge in [0.25, 0.3) is 5.91 Å². The lowest BCUT2D eigenvalue weighted by Gasteiger charge is -2.37. The number of hydrogen-bond acceptors (Lipinski definition) is 5. The summed E-state index contributed by atoms with van der Waals surface area (Å²) in [5.74, 6) is -0.0202. The van der Waals surface area contributed by atoms with E-state index in [4.69, 9.17) is 9.57 Å². The van der Waals surface area contributed by atoms with E-state index >= 15 is 0 Å². The third-order valence-electron chi connectivity index (χ3n) is 5.48. The Morgan fingerprint density at radius 1 is 1.07 bits per heavy atom. The fraction of sp³-hybridized carbons (Fsp3) is 0.550. The molecule has 0 aliphatic carbocycles. The lowest BCUT2D eigenvalue weighted by Crippen LogP contribution is -2.51. The molecule has 7 nitrogen and oxygen atoms in total. The lowest BCUT2D eigenvalue weighted by molar-refractivity contribution is -0.123. The van der Waals surface area contributed by atoms with Crippen molar-refractivity contribution in [3.8, 4) is 0 Å². The number of hydrogen-bond donors (Lipinski definition) is 0. The highest BCUT2D eigenvalue weighted by molar-refractivity contribution is 6.39. The number of rotatable bonds is 3. The highest BCUT2D eigenvalue weighted by Gasteiger charge is 2.46. The summed E-state index contributed by atoms with van der Waals surface area (Å²) >= 11 is 0. The summed E-state index contributed by atoms with van der Waals surface area (Å²) < 4.78 is 5.44. The molecule has 2 saturated heterocycles. The van der Waals surface area contributed by atoms with Crippen LogP contribution in [-0.4, -0.2) is 59.3 Å². The van der Waals surface area contributed by atoms with Crippen LogP contribution in [0.5, 0.6) is 0 Å². The van der Waals surface area contributed by atoms with Gasteiger partial charge in [-0.15, -0.1) is 0 Å². The maximum Gasteiger partial charge on any atom is 0.410 e. The SMILES string of the molecule is O=C(OCc1ccccc1)N1CCCC2(CC(C(=O)N3CCCC3)=NO2)C1. The summed E-state index contributed by atoms with van der Waals surface area (Å²) in [6, 6.07) is 9.62. The first-order valence-electron chi connectivity index (χ1n) is 9.65. The van der Waals surface area contributed by atoms with Crippen LogP contribution in [0.15, 0.2) is 35.5 Å². The van der Waals surface area contributed by atoms with Gasteiger partial charge < -0.3 is 19.4 Å². The second-order valence-electron chi connectivity index (χ2n) is 7.55. The maximum atomic E-state index is 12.6. The van der Waals surface area contributed by atoms with Crippen LogP contribution in [0.25, 0.3) is 0 Å². The van der Waals surface area contributed by atoms with Crippen LogP contribution in [0.2, 0.25) is 0 Å². The first-order valence-corrected chi connectivity index (χ1v) is 9.65. The number of piperidine rings is 1. The molecule has 144 valence electrons. The molecule has 1 atom stereocenters. The van der Waals surface area contributed by atoms with Crippen LogP contribution in [-0.2, 0) is 21.0 Å². The minimum Gasteiger partial charge on any atom is -0.445 e. The average molecular weight is 371 g/mol. The highest BCUT2D eigenvalue weighted by Crippen LogP contribution is 2.34. The van der Waals surface area contributed by atoms with E-state index in [1.165, 1.54) is 0 Å². The molecule has 7 heteroatoms. The molecule has 2 amide bonds. The van der Waals surface area contributed by atoms with Gasteiger partial charge in [0.15, 0.2) is 5.60 Å². The molecule has 0 bridgehead atoms. The van der Waals surface area contributed by atoms with Crippen LogP contribution in [0.1, 0.15) is 37.7 Å². The number of benzene rings is 1. The normalized spacial score (nSPS) is 24.7. The summed E-state index contributed by atoms with van der Waals surface area (Å²) in [6.07, 6.45) is 3.81. The summed E-state index contributed by atoms with van der Waals surface area (Å²) in [6.45, 7) is 2.87. The molecule has 0 saturated carbocycles. The van der Waals surface area contributed by atoms with Crippen LogP contribution in [0.3, 0.4) is 0 Å². The van der Waals surface area contributed by atoms with Gasteiger partial charge in [0.05, 0.1) is 6.54 Å². The molecule has 0 N–H and O–H groups in total. The predicted octanol–water partition coefficient (Wildman–Crippen LogP) is 2.56. The molecular weight excluding hydrogens is 346 g/mol. The van der Waals surface area contributed by atoms with Crippen molar-refractivity contribution in [2.24, 2.45) is 5.16 Å². The molecule has 4 rings (SSSR count). The van der Waals surface area contributed by atoms with Gasteiger partial charge in [0, 0.05) is 26.1 Å². The maximum absolute atomic E-state index is 12.6. The highest BCUT2D eigenvalue weighted by atomic mass is 16.7. The van der Waals surface area contributed by atoms with Gasteiger partial charge in [-0.3, -0.25) is 4.79 Å². The van der Waals surface area contributed by atoms with Gasteiger partial charge in [0.2, 0.25) is 0 Å². The minimum atomic E-state index is -0.589. The van der Waals surface area contributed by atoms with Gasteiger partial charge >= 0.3 is 6.09 Å². The Kier molecular flexibility index (Phi) is 5.01. The number of oxime groups is 1. The summed E-state index contributed by atoms with van der Waals surface area (Å²) in [5.41, 5.74) is 0.849. The molecule has 3 aliphatic heterocycles. The lowest BCUT2D eigenvalue weighted by atomic mass is 9.88. The van der Waals surface area contributed by atoms with E-state index in [0.29, 0.717) is 25.2 Å². The Morgan fingerprint density at radius 2 is 1.81 bits per heavy atom. The van der Waals surface area contributed by atoms with Gasteiger partial charge in [-0.05, 0) is 31.2 Å². The molecule has 0 aromatic heterocycles. The second kappa shape index (κ2) is 7.58. The molecule has 1 aromatic carbocycles.